The third-order valence-corrected chi connectivity index (χ3v) is 3.79. The summed E-state index contributed by atoms with van der Waals surface area (Å²) in [7, 11) is 0. The Morgan fingerprint density at radius 1 is 1.47 bits per heavy atom. The number of hydrogen-bond acceptors (Lipinski definition) is 3. The van der Waals surface area contributed by atoms with Gasteiger partial charge in [0.25, 0.3) is 0 Å². The Bertz CT molecular complexity index is 471. The molecule has 2 heterocycles. The molecule has 0 saturated carbocycles. The fourth-order valence-corrected chi connectivity index (χ4v) is 2.85. The van der Waals surface area contributed by atoms with E-state index in [0.29, 0.717) is 0 Å². The number of aromatic nitrogens is 1. The second-order valence-corrected chi connectivity index (χ2v) is 6.36. The van der Waals surface area contributed by atoms with Crippen molar-refractivity contribution in [3.05, 3.63) is 17.0 Å². The van der Waals surface area contributed by atoms with Gasteiger partial charge in [-0.25, -0.2) is 0 Å². The molecule has 0 aromatic carbocycles. The minimum Gasteiger partial charge on any atom is -0.361 e. The Balaban J connectivity index is 2.33. The Morgan fingerprint density at radius 3 is 2.74 bits per heavy atom. The standard InChI is InChI=1S/C15H24N2O2/c1-6-12-13(10(2)16-19-12)11-8-7-9-17(11)14(18)15(3,4)5/h11H,6-9H2,1-5H3/t11-/m1/s1. The lowest BCUT2D eigenvalue weighted by Crippen LogP contribution is -2.39. The van der Waals surface area contributed by atoms with E-state index in [4.69, 9.17) is 4.52 Å². The van der Waals surface area contributed by atoms with Crippen molar-refractivity contribution in [2.75, 3.05) is 6.54 Å². The van der Waals surface area contributed by atoms with Crippen molar-refractivity contribution in [3.63, 3.8) is 0 Å². The first-order chi connectivity index (χ1) is 8.86. The minimum atomic E-state index is -0.333. The molecule has 106 valence electrons. The van der Waals surface area contributed by atoms with Gasteiger partial charge < -0.3 is 9.42 Å². The van der Waals surface area contributed by atoms with Gasteiger partial charge in [-0.1, -0.05) is 32.9 Å². The first-order valence-electron chi connectivity index (χ1n) is 7.12. The highest BCUT2D eigenvalue weighted by Gasteiger charge is 2.38. The van der Waals surface area contributed by atoms with Gasteiger partial charge in [-0.15, -0.1) is 0 Å². The number of likely N-dealkylation sites (tertiary alicyclic amines) is 1. The van der Waals surface area contributed by atoms with E-state index < -0.39 is 0 Å². The molecule has 0 unspecified atom stereocenters. The van der Waals surface area contributed by atoms with Crippen LogP contribution >= 0.6 is 0 Å². The summed E-state index contributed by atoms with van der Waals surface area (Å²) < 4.78 is 5.38. The minimum absolute atomic E-state index is 0.146. The summed E-state index contributed by atoms with van der Waals surface area (Å²) in [5.41, 5.74) is 1.73. The van der Waals surface area contributed by atoms with Crippen LogP contribution in [0.4, 0.5) is 0 Å². The molecule has 4 nitrogen and oxygen atoms in total. The van der Waals surface area contributed by atoms with Crippen LogP contribution in [0.25, 0.3) is 0 Å². The second-order valence-electron chi connectivity index (χ2n) is 6.36. The van der Waals surface area contributed by atoms with E-state index in [1.807, 2.05) is 32.6 Å². The van der Waals surface area contributed by atoms with Crippen molar-refractivity contribution in [3.8, 4) is 0 Å². The molecule has 1 fully saturated rings. The number of hydrogen-bond donors (Lipinski definition) is 0. The topological polar surface area (TPSA) is 46.3 Å². The first kappa shape index (κ1) is 14.1. The van der Waals surface area contributed by atoms with Crippen molar-refractivity contribution in [2.45, 2.75) is 59.9 Å². The lowest BCUT2D eigenvalue weighted by atomic mass is 9.93. The zero-order chi connectivity index (χ0) is 14.2. The summed E-state index contributed by atoms with van der Waals surface area (Å²) in [5, 5.41) is 4.07. The van der Waals surface area contributed by atoms with Gasteiger partial charge in [-0.2, -0.15) is 0 Å². The Kier molecular flexibility index (Phi) is 3.70. The maximum Gasteiger partial charge on any atom is 0.228 e. The van der Waals surface area contributed by atoms with Crippen LogP contribution in [0.2, 0.25) is 0 Å². The highest BCUT2D eigenvalue weighted by atomic mass is 16.5. The van der Waals surface area contributed by atoms with Crippen LogP contribution in [0.5, 0.6) is 0 Å². The van der Waals surface area contributed by atoms with Crippen molar-refractivity contribution in [1.82, 2.24) is 10.1 Å². The van der Waals surface area contributed by atoms with Gasteiger partial charge >= 0.3 is 0 Å². The fourth-order valence-electron chi connectivity index (χ4n) is 2.85. The first-order valence-corrected chi connectivity index (χ1v) is 7.12. The third-order valence-electron chi connectivity index (χ3n) is 3.79. The van der Waals surface area contributed by atoms with Gasteiger partial charge in [0.15, 0.2) is 0 Å². The third kappa shape index (κ3) is 2.53. The van der Waals surface area contributed by atoms with Crippen molar-refractivity contribution < 1.29 is 9.32 Å². The Hall–Kier alpha value is -1.32. The summed E-state index contributed by atoms with van der Waals surface area (Å²) >= 11 is 0. The van der Waals surface area contributed by atoms with E-state index in [1.165, 1.54) is 0 Å². The highest BCUT2D eigenvalue weighted by molar-refractivity contribution is 5.82. The predicted octanol–water partition coefficient (Wildman–Crippen LogP) is 3.26. The molecule has 0 bridgehead atoms. The van der Waals surface area contributed by atoms with Crippen LogP contribution in [-0.4, -0.2) is 22.5 Å². The van der Waals surface area contributed by atoms with Gasteiger partial charge in [0.05, 0.1) is 11.7 Å². The summed E-state index contributed by atoms with van der Waals surface area (Å²) in [4.78, 5) is 14.6. The molecule has 1 aromatic rings. The zero-order valence-electron chi connectivity index (χ0n) is 12.6. The van der Waals surface area contributed by atoms with Crippen LogP contribution in [-0.2, 0) is 11.2 Å². The molecule has 1 aliphatic heterocycles. The van der Waals surface area contributed by atoms with Gasteiger partial charge in [-0.3, -0.25) is 4.79 Å². The van der Waals surface area contributed by atoms with E-state index in [9.17, 15) is 4.79 Å². The smallest absolute Gasteiger partial charge is 0.228 e. The Labute approximate surface area is 115 Å². The molecule has 2 rings (SSSR count). The second kappa shape index (κ2) is 4.99. The summed E-state index contributed by atoms with van der Waals surface area (Å²) in [6.07, 6.45) is 2.89. The van der Waals surface area contributed by atoms with E-state index in [0.717, 1.165) is 42.8 Å². The molecule has 1 aliphatic rings. The van der Waals surface area contributed by atoms with E-state index in [2.05, 4.69) is 12.1 Å². The summed E-state index contributed by atoms with van der Waals surface area (Å²) in [6, 6.07) is 0.146. The average Bonchev–Trinajstić information content (AvgIpc) is 2.92. The van der Waals surface area contributed by atoms with Crippen LogP contribution in [0.1, 0.15) is 63.6 Å². The molecular weight excluding hydrogens is 240 g/mol. The zero-order valence-corrected chi connectivity index (χ0v) is 12.6. The number of carbonyl (C=O) groups is 1. The molecule has 1 atom stereocenters. The van der Waals surface area contributed by atoms with E-state index in [-0.39, 0.29) is 17.4 Å². The molecule has 1 amide bonds. The molecule has 1 saturated heterocycles. The van der Waals surface area contributed by atoms with Gasteiger partial charge in [0.2, 0.25) is 5.91 Å². The number of nitrogens with zero attached hydrogens (tertiary/aromatic N) is 2. The van der Waals surface area contributed by atoms with Crippen molar-refractivity contribution in [2.24, 2.45) is 5.41 Å². The van der Waals surface area contributed by atoms with Gasteiger partial charge in [0, 0.05) is 23.9 Å². The fraction of sp³-hybridized carbons (Fsp3) is 0.733. The van der Waals surface area contributed by atoms with Crippen molar-refractivity contribution in [1.29, 1.82) is 0 Å². The molecular formula is C15H24N2O2. The molecule has 0 N–H and O–H groups in total. The van der Waals surface area contributed by atoms with E-state index >= 15 is 0 Å². The summed E-state index contributed by atoms with van der Waals surface area (Å²) in [6.45, 7) is 10.8. The number of carbonyl (C=O) groups excluding carboxylic acids is 1. The molecule has 1 aromatic heterocycles. The number of aryl methyl sites for hydroxylation is 2. The lowest BCUT2D eigenvalue weighted by Gasteiger charge is -2.31. The molecule has 4 heteroatoms. The molecule has 0 aliphatic carbocycles. The maximum atomic E-state index is 12.6. The lowest BCUT2D eigenvalue weighted by molar-refractivity contribution is -0.140. The summed E-state index contributed by atoms with van der Waals surface area (Å²) in [5.74, 6) is 1.15. The monoisotopic (exact) mass is 264 g/mol. The largest absolute Gasteiger partial charge is 0.361 e. The van der Waals surface area contributed by atoms with Crippen LogP contribution in [0.15, 0.2) is 4.52 Å². The molecule has 0 radical (unpaired) electrons. The maximum absolute atomic E-state index is 12.6. The normalized spacial score (nSPS) is 20.1. The quantitative estimate of drug-likeness (QED) is 0.823. The van der Waals surface area contributed by atoms with Crippen LogP contribution < -0.4 is 0 Å². The SMILES string of the molecule is CCc1onc(C)c1[C@H]1CCCN1C(=O)C(C)(C)C. The van der Waals surface area contributed by atoms with Gasteiger partial charge in [-0.05, 0) is 19.8 Å². The molecule has 19 heavy (non-hydrogen) atoms. The van der Waals surface area contributed by atoms with E-state index in [1.54, 1.807) is 0 Å². The number of rotatable bonds is 2. The van der Waals surface area contributed by atoms with Crippen LogP contribution in [0.3, 0.4) is 0 Å². The molecule has 0 spiro atoms. The highest BCUT2D eigenvalue weighted by Crippen LogP contribution is 2.38. The van der Waals surface area contributed by atoms with Crippen LogP contribution in [0, 0.1) is 12.3 Å². The number of amides is 1. The average molecular weight is 264 g/mol. The van der Waals surface area contributed by atoms with Gasteiger partial charge in [0.1, 0.15) is 5.76 Å². The Morgan fingerprint density at radius 2 is 2.16 bits per heavy atom. The predicted molar refractivity (Wildman–Crippen MR) is 73.8 cm³/mol. The van der Waals surface area contributed by atoms with Crippen molar-refractivity contribution >= 4 is 5.91 Å².